The van der Waals surface area contributed by atoms with Crippen LogP contribution in [0.15, 0.2) is 70.3 Å². The number of piperidine rings is 1. The van der Waals surface area contributed by atoms with Gasteiger partial charge in [-0.1, -0.05) is 60.7 Å². The van der Waals surface area contributed by atoms with Crippen molar-refractivity contribution in [2.45, 2.75) is 32.4 Å². The minimum absolute atomic E-state index is 0.00619. The molecule has 8 nitrogen and oxygen atoms in total. The molecule has 0 spiro atoms. The van der Waals surface area contributed by atoms with Gasteiger partial charge in [-0.25, -0.2) is 9.78 Å². The molecule has 0 saturated carbocycles. The van der Waals surface area contributed by atoms with Crippen LogP contribution in [0.3, 0.4) is 0 Å². The lowest BCUT2D eigenvalue weighted by atomic mass is 9.90. The van der Waals surface area contributed by atoms with E-state index in [0.717, 1.165) is 36.9 Å². The molecular weight excluding hydrogens is 454 g/mol. The van der Waals surface area contributed by atoms with Gasteiger partial charge in [0.05, 0.1) is 13.1 Å². The summed E-state index contributed by atoms with van der Waals surface area (Å²) in [4.78, 5) is 45.8. The van der Waals surface area contributed by atoms with Gasteiger partial charge < -0.3 is 4.57 Å². The van der Waals surface area contributed by atoms with Crippen molar-refractivity contribution < 1.29 is 4.79 Å². The van der Waals surface area contributed by atoms with Gasteiger partial charge >= 0.3 is 5.69 Å². The number of ketones is 1. The van der Waals surface area contributed by atoms with Crippen LogP contribution in [0.2, 0.25) is 0 Å². The first kappa shape index (κ1) is 23.9. The first-order chi connectivity index (χ1) is 17.4. The molecule has 0 bridgehead atoms. The summed E-state index contributed by atoms with van der Waals surface area (Å²) in [7, 11) is 3.07. The van der Waals surface area contributed by atoms with Crippen molar-refractivity contribution in [1.29, 1.82) is 0 Å². The third kappa shape index (κ3) is 4.68. The first-order valence-corrected chi connectivity index (χ1v) is 12.4. The van der Waals surface area contributed by atoms with Gasteiger partial charge in [0.15, 0.2) is 16.9 Å². The number of imidazole rings is 1. The van der Waals surface area contributed by atoms with Crippen molar-refractivity contribution in [2.24, 2.45) is 20.0 Å². The van der Waals surface area contributed by atoms with Gasteiger partial charge in [0, 0.05) is 19.7 Å². The number of aryl methyl sites for hydroxylation is 1. The predicted molar refractivity (Wildman–Crippen MR) is 139 cm³/mol. The van der Waals surface area contributed by atoms with E-state index >= 15 is 0 Å². The molecule has 1 fully saturated rings. The number of Topliss-reactive ketones (excluding diaryl/α,β-unsaturated/α-hetero) is 1. The molecule has 0 atom stereocenters. The Bertz CT molecular complexity index is 1490. The van der Waals surface area contributed by atoms with E-state index < -0.39 is 11.2 Å². The Morgan fingerprint density at radius 3 is 2.22 bits per heavy atom. The van der Waals surface area contributed by atoms with Gasteiger partial charge in [0.1, 0.15) is 5.82 Å². The summed E-state index contributed by atoms with van der Waals surface area (Å²) in [5, 5.41) is 0. The Labute approximate surface area is 209 Å². The normalized spacial score (nSPS) is 14.9. The number of carbonyl (C=O) groups excluding carboxylic acids is 1. The van der Waals surface area contributed by atoms with Crippen molar-refractivity contribution in [3.8, 4) is 0 Å². The molecule has 3 heterocycles. The summed E-state index contributed by atoms with van der Waals surface area (Å²) in [5.74, 6) is 1.16. The van der Waals surface area contributed by atoms with Gasteiger partial charge in [-0.05, 0) is 43.8 Å². The standard InChI is InChI=1S/C28H31N5O3/c1-30-26-25(27(35)31(2)28(30)36)33(18-23(34)22-11-7-4-8-12-22)24(29-26)19-32-15-13-21(14-16-32)17-20-9-5-3-6-10-20/h3-12,21H,13-19H2,1-2H3. The Hall–Kier alpha value is -3.78. The van der Waals surface area contributed by atoms with E-state index in [0.29, 0.717) is 29.5 Å². The third-order valence-electron chi connectivity index (χ3n) is 7.26. The van der Waals surface area contributed by atoms with Crippen LogP contribution in [0.4, 0.5) is 0 Å². The maximum atomic E-state index is 13.1. The second-order valence-corrected chi connectivity index (χ2v) is 9.69. The fraction of sp³-hybridized carbons (Fsp3) is 0.357. The van der Waals surface area contributed by atoms with E-state index in [1.807, 2.05) is 24.3 Å². The van der Waals surface area contributed by atoms with Crippen LogP contribution in [0.1, 0.15) is 34.6 Å². The lowest BCUT2D eigenvalue weighted by molar-refractivity contribution is 0.0970. The molecule has 2 aromatic heterocycles. The monoisotopic (exact) mass is 485 g/mol. The molecule has 1 saturated heterocycles. The molecule has 1 aliphatic rings. The number of fused-ring (bicyclic) bond motifs is 1. The van der Waals surface area contributed by atoms with Crippen LogP contribution in [-0.2, 0) is 33.6 Å². The molecule has 4 aromatic rings. The maximum absolute atomic E-state index is 13.1. The van der Waals surface area contributed by atoms with Gasteiger partial charge in [0.25, 0.3) is 5.56 Å². The fourth-order valence-electron chi connectivity index (χ4n) is 5.14. The number of aromatic nitrogens is 4. The highest BCUT2D eigenvalue weighted by molar-refractivity contribution is 5.96. The Morgan fingerprint density at radius 2 is 1.56 bits per heavy atom. The van der Waals surface area contributed by atoms with Crippen molar-refractivity contribution in [2.75, 3.05) is 13.1 Å². The van der Waals surface area contributed by atoms with Gasteiger partial charge in [0.2, 0.25) is 0 Å². The van der Waals surface area contributed by atoms with E-state index in [4.69, 9.17) is 4.98 Å². The van der Waals surface area contributed by atoms with Crippen LogP contribution in [0.5, 0.6) is 0 Å². The topological polar surface area (TPSA) is 82.1 Å². The lowest BCUT2D eigenvalue weighted by Crippen LogP contribution is -2.38. The number of likely N-dealkylation sites (tertiary alicyclic amines) is 1. The van der Waals surface area contributed by atoms with E-state index in [1.54, 1.807) is 23.7 Å². The molecule has 0 N–H and O–H groups in total. The van der Waals surface area contributed by atoms with Crippen molar-refractivity contribution in [3.63, 3.8) is 0 Å². The molecule has 0 unspecified atom stereocenters. The lowest BCUT2D eigenvalue weighted by Gasteiger charge is -2.31. The zero-order valence-corrected chi connectivity index (χ0v) is 20.8. The quantitative estimate of drug-likeness (QED) is 0.376. The maximum Gasteiger partial charge on any atom is 0.332 e. The largest absolute Gasteiger partial charge is 0.332 e. The van der Waals surface area contributed by atoms with Gasteiger partial charge in [-0.2, -0.15) is 0 Å². The summed E-state index contributed by atoms with van der Waals surface area (Å²) in [5.41, 5.74) is 1.69. The average molecular weight is 486 g/mol. The van der Waals surface area contributed by atoms with E-state index in [1.165, 1.54) is 17.2 Å². The Balaban J connectivity index is 1.42. The summed E-state index contributed by atoms with van der Waals surface area (Å²) >= 11 is 0. The van der Waals surface area contributed by atoms with Crippen LogP contribution in [-0.4, -0.2) is 42.5 Å². The zero-order chi connectivity index (χ0) is 25.2. The molecule has 8 heteroatoms. The minimum atomic E-state index is -0.436. The zero-order valence-electron chi connectivity index (χ0n) is 20.8. The van der Waals surface area contributed by atoms with Crippen LogP contribution in [0, 0.1) is 5.92 Å². The van der Waals surface area contributed by atoms with Crippen LogP contribution >= 0.6 is 0 Å². The second-order valence-electron chi connectivity index (χ2n) is 9.69. The molecule has 186 valence electrons. The minimum Gasteiger partial charge on any atom is -0.313 e. The first-order valence-electron chi connectivity index (χ1n) is 12.4. The predicted octanol–water partition coefficient (Wildman–Crippen LogP) is 2.77. The number of rotatable bonds is 7. The third-order valence-corrected chi connectivity index (χ3v) is 7.26. The molecule has 0 amide bonds. The molecule has 1 aliphatic heterocycles. The molecule has 36 heavy (non-hydrogen) atoms. The van der Waals surface area contributed by atoms with Crippen molar-refractivity contribution in [3.05, 3.63) is 98.5 Å². The molecule has 0 radical (unpaired) electrons. The highest BCUT2D eigenvalue weighted by atomic mass is 16.2. The highest BCUT2D eigenvalue weighted by Gasteiger charge is 2.25. The van der Waals surface area contributed by atoms with E-state index in [2.05, 4.69) is 29.2 Å². The highest BCUT2D eigenvalue weighted by Crippen LogP contribution is 2.23. The second kappa shape index (κ2) is 10.1. The molecule has 5 rings (SSSR count). The van der Waals surface area contributed by atoms with E-state index in [9.17, 15) is 14.4 Å². The number of hydrogen-bond donors (Lipinski definition) is 0. The van der Waals surface area contributed by atoms with Gasteiger partial charge in [-0.3, -0.25) is 23.6 Å². The average Bonchev–Trinajstić information content (AvgIpc) is 3.26. The van der Waals surface area contributed by atoms with E-state index in [-0.39, 0.29) is 17.8 Å². The number of nitrogens with zero attached hydrogens (tertiary/aromatic N) is 5. The Morgan fingerprint density at radius 1 is 0.917 bits per heavy atom. The van der Waals surface area contributed by atoms with Crippen LogP contribution in [0.25, 0.3) is 11.2 Å². The molecule has 2 aromatic carbocycles. The van der Waals surface area contributed by atoms with Crippen molar-refractivity contribution >= 4 is 16.9 Å². The fourth-order valence-corrected chi connectivity index (χ4v) is 5.14. The summed E-state index contributed by atoms with van der Waals surface area (Å²) < 4.78 is 4.17. The summed E-state index contributed by atoms with van der Waals surface area (Å²) in [6.45, 7) is 2.36. The molecule has 0 aliphatic carbocycles. The number of hydrogen-bond acceptors (Lipinski definition) is 5. The smallest absolute Gasteiger partial charge is 0.313 e. The summed E-state index contributed by atoms with van der Waals surface area (Å²) in [6.07, 6.45) is 3.24. The number of benzene rings is 2. The molecular formula is C28H31N5O3. The van der Waals surface area contributed by atoms with Crippen molar-refractivity contribution in [1.82, 2.24) is 23.6 Å². The SMILES string of the molecule is Cn1c(=O)c2c(nc(CN3CCC(Cc4ccccc4)CC3)n2CC(=O)c2ccccc2)n(C)c1=O. The number of carbonyl (C=O) groups is 1. The van der Waals surface area contributed by atoms with Gasteiger partial charge in [-0.15, -0.1) is 0 Å². The van der Waals surface area contributed by atoms with Crippen LogP contribution < -0.4 is 11.2 Å². The summed E-state index contributed by atoms with van der Waals surface area (Å²) in [6, 6.07) is 19.6. The Kier molecular flexibility index (Phi) is 6.69.